The first-order valence-electron chi connectivity index (χ1n) is 7.71. The predicted molar refractivity (Wildman–Crippen MR) is 87.0 cm³/mol. The molecule has 0 aliphatic carbocycles. The first kappa shape index (κ1) is 19.1. The zero-order chi connectivity index (χ0) is 19.0. The first-order chi connectivity index (χ1) is 11.3. The van der Waals surface area contributed by atoms with Gasteiger partial charge in [-0.15, -0.1) is 0 Å². The second-order valence-corrected chi connectivity index (χ2v) is 7.07. The van der Waals surface area contributed by atoms with Gasteiger partial charge in [-0.2, -0.15) is 8.78 Å². The van der Waals surface area contributed by atoms with Crippen LogP contribution in [0.3, 0.4) is 0 Å². The molecule has 0 fully saturated rings. The van der Waals surface area contributed by atoms with Gasteiger partial charge in [-0.1, -0.05) is 0 Å². The number of aliphatic imine (C=N–C) groups is 1. The van der Waals surface area contributed by atoms with E-state index in [1.807, 2.05) is 0 Å². The van der Waals surface area contributed by atoms with E-state index in [2.05, 4.69) is 4.99 Å². The lowest BCUT2D eigenvalue weighted by molar-refractivity contribution is -0.154. The van der Waals surface area contributed by atoms with Crippen molar-refractivity contribution in [3.63, 3.8) is 0 Å². The lowest BCUT2D eigenvalue weighted by Gasteiger charge is -2.38. The molecule has 1 atom stereocenters. The summed E-state index contributed by atoms with van der Waals surface area (Å²) in [6.07, 6.45) is -0.424. The molecule has 1 aromatic carbocycles. The third-order valence-corrected chi connectivity index (χ3v) is 3.71. The summed E-state index contributed by atoms with van der Waals surface area (Å²) < 4.78 is 53.2. The summed E-state index contributed by atoms with van der Waals surface area (Å²) in [6.45, 7) is 5.08. The van der Waals surface area contributed by atoms with Crippen LogP contribution in [0.15, 0.2) is 23.2 Å². The third kappa shape index (κ3) is 4.05. The van der Waals surface area contributed by atoms with Crippen LogP contribution in [0.2, 0.25) is 0 Å². The highest BCUT2D eigenvalue weighted by atomic mass is 19.3. The molecule has 0 saturated carbocycles. The number of anilines is 1. The summed E-state index contributed by atoms with van der Waals surface area (Å²) in [5.41, 5.74) is 2.39. The minimum Gasteiger partial charge on any atom is -0.474 e. The van der Waals surface area contributed by atoms with E-state index in [-0.39, 0.29) is 17.1 Å². The van der Waals surface area contributed by atoms with Gasteiger partial charge in [-0.05, 0) is 45.9 Å². The van der Waals surface area contributed by atoms with Crippen molar-refractivity contribution in [1.82, 2.24) is 0 Å². The smallest absolute Gasteiger partial charge is 0.315 e. The number of hydrogen-bond acceptors (Lipinski definition) is 5. The molecule has 0 amide bonds. The average molecular weight is 358 g/mol. The van der Waals surface area contributed by atoms with Gasteiger partial charge in [0.15, 0.2) is 18.0 Å². The Morgan fingerprint density at radius 2 is 2.04 bits per heavy atom. The van der Waals surface area contributed by atoms with Gasteiger partial charge in [-0.3, -0.25) is 4.79 Å². The number of benzene rings is 1. The minimum atomic E-state index is -3.49. The van der Waals surface area contributed by atoms with Crippen LogP contribution in [0, 0.1) is 5.82 Å². The predicted octanol–water partition coefficient (Wildman–Crippen LogP) is 3.42. The van der Waals surface area contributed by atoms with Crippen LogP contribution in [0.4, 0.5) is 18.9 Å². The molecule has 8 heteroatoms. The fourth-order valence-electron chi connectivity index (χ4n) is 2.44. The summed E-state index contributed by atoms with van der Waals surface area (Å²) in [6, 6.07) is 3.39. The SMILES string of the molecule is CC(C)(C)OC(=O)CC1=N[C@](C)(c2cc(N)ccc2F)C(F)(F)CO1. The van der Waals surface area contributed by atoms with Gasteiger partial charge in [0.05, 0.1) is 0 Å². The van der Waals surface area contributed by atoms with Crippen molar-refractivity contribution in [3.05, 3.63) is 29.6 Å². The molecule has 2 rings (SSSR count). The second-order valence-electron chi connectivity index (χ2n) is 7.07. The number of alkyl halides is 2. The van der Waals surface area contributed by atoms with Crippen molar-refractivity contribution in [2.24, 2.45) is 4.99 Å². The van der Waals surface area contributed by atoms with E-state index in [1.165, 1.54) is 6.07 Å². The molecule has 2 N–H and O–H groups in total. The highest BCUT2D eigenvalue weighted by Crippen LogP contribution is 2.45. The van der Waals surface area contributed by atoms with Gasteiger partial charge in [0.1, 0.15) is 17.8 Å². The van der Waals surface area contributed by atoms with Gasteiger partial charge in [-0.25, -0.2) is 9.38 Å². The number of rotatable bonds is 3. The Hall–Kier alpha value is -2.25. The molecular weight excluding hydrogens is 337 g/mol. The normalized spacial score (nSPS) is 22.8. The van der Waals surface area contributed by atoms with Crippen LogP contribution in [0.5, 0.6) is 0 Å². The number of carbonyl (C=O) groups excluding carboxylic acids is 1. The number of carbonyl (C=O) groups is 1. The van der Waals surface area contributed by atoms with Crippen LogP contribution >= 0.6 is 0 Å². The summed E-state index contributed by atoms with van der Waals surface area (Å²) in [4.78, 5) is 15.7. The molecule has 5 nitrogen and oxygen atoms in total. The summed E-state index contributed by atoms with van der Waals surface area (Å²) in [7, 11) is 0. The Balaban J connectivity index is 2.40. The molecule has 1 heterocycles. The Labute approximate surface area is 144 Å². The molecule has 0 bridgehead atoms. The second kappa shape index (κ2) is 6.24. The van der Waals surface area contributed by atoms with E-state index in [1.54, 1.807) is 20.8 Å². The van der Waals surface area contributed by atoms with E-state index < -0.39 is 41.9 Å². The molecule has 0 spiro atoms. The van der Waals surface area contributed by atoms with Gasteiger partial charge >= 0.3 is 11.9 Å². The van der Waals surface area contributed by atoms with Crippen LogP contribution in [-0.4, -0.2) is 30.0 Å². The number of ether oxygens (including phenoxy) is 2. The van der Waals surface area contributed by atoms with Gasteiger partial charge in [0.25, 0.3) is 0 Å². The average Bonchev–Trinajstić information content (AvgIpc) is 2.44. The fraction of sp³-hybridized carbons (Fsp3) is 0.529. The molecule has 1 aliphatic rings. The van der Waals surface area contributed by atoms with Crippen molar-refractivity contribution >= 4 is 17.6 Å². The van der Waals surface area contributed by atoms with Gasteiger partial charge in [0, 0.05) is 11.3 Å². The van der Waals surface area contributed by atoms with E-state index in [0.717, 1.165) is 19.1 Å². The number of hydrogen-bond donors (Lipinski definition) is 1. The van der Waals surface area contributed by atoms with E-state index >= 15 is 0 Å². The molecule has 1 aliphatic heterocycles. The zero-order valence-electron chi connectivity index (χ0n) is 14.5. The van der Waals surface area contributed by atoms with Crippen LogP contribution in [-0.2, 0) is 19.8 Å². The zero-order valence-corrected chi connectivity index (χ0v) is 14.5. The molecule has 0 aromatic heterocycles. The van der Waals surface area contributed by atoms with E-state index in [4.69, 9.17) is 15.2 Å². The third-order valence-electron chi connectivity index (χ3n) is 3.71. The number of halogens is 3. The van der Waals surface area contributed by atoms with Gasteiger partial charge < -0.3 is 15.2 Å². The highest BCUT2D eigenvalue weighted by molar-refractivity contribution is 5.95. The van der Waals surface area contributed by atoms with Crippen LogP contribution < -0.4 is 5.73 Å². The lowest BCUT2D eigenvalue weighted by atomic mass is 9.84. The Kier molecular flexibility index (Phi) is 4.76. The maximum absolute atomic E-state index is 14.5. The van der Waals surface area contributed by atoms with Crippen molar-refractivity contribution in [2.75, 3.05) is 12.3 Å². The summed E-state index contributed by atoms with van der Waals surface area (Å²) >= 11 is 0. The molecular formula is C17H21F3N2O3. The molecule has 0 radical (unpaired) electrons. The quantitative estimate of drug-likeness (QED) is 0.664. The van der Waals surface area contributed by atoms with E-state index in [9.17, 15) is 18.0 Å². The standard InChI is InChI=1S/C17H21F3N2O3/c1-15(2,3)25-14(23)8-13-22-16(4,17(19,20)9-24-13)11-7-10(21)5-6-12(11)18/h5-7H,8-9,21H2,1-4H3/t16-/m1/s1. The lowest BCUT2D eigenvalue weighted by Crippen LogP contribution is -2.50. The number of nitrogen functional groups attached to an aromatic ring is 1. The topological polar surface area (TPSA) is 73.9 Å². The summed E-state index contributed by atoms with van der Waals surface area (Å²) in [5, 5.41) is 0. The maximum Gasteiger partial charge on any atom is 0.315 e. The molecule has 0 saturated heterocycles. The maximum atomic E-state index is 14.5. The first-order valence-corrected chi connectivity index (χ1v) is 7.71. The highest BCUT2D eigenvalue weighted by Gasteiger charge is 2.56. The van der Waals surface area contributed by atoms with E-state index in [0.29, 0.717) is 0 Å². The van der Waals surface area contributed by atoms with Crippen LogP contribution in [0.25, 0.3) is 0 Å². The Morgan fingerprint density at radius 3 is 2.64 bits per heavy atom. The monoisotopic (exact) mass is 358 g/mol. The molecule has 1 aromatic rings. The van der Waals surface area contributed by atoms with Crippen molar-refractivity contribution in [2.45, 2.75) is 51.2 Å². The number of nitrogens with zero attached hydrogens (tertiary/aromatic N) is 1. The molecule has 138 valence electrons. The van der Waals surface area contributed by atoms with Crippen molar-refractivity contribution in [3.8, 4) is 0 Å². The largest absolute Gasteiger partial charge is 0.474 e. The van der Waals surface area contributed by atoms with Crippen LogP contribution in [0.1, 0.15) is 39.7 Å². The Bertz CT molecular complexity index is 714. The fourth-order valence-corrected chi connectivity index (χ4v) is 2.44. The molecule has 0 unspecified atom stereocenters. The minimum absolute atomic E-state index is 0.129. The van der Waals surface area contributed by atoms with Crippen molar-refractivity contribution in [1.29, 1.82) is 0 Å². The molecule has 25 heavy (non-hydrogen) atoms. The number of nitrogens with two attached hydrogens (primary N) is 1. The Morgan fingerprint density at radius 1 is 1.40 bits per heavy atom. The number of esters is 1. The van der Waals surface area contributed by atoms with Crippen molar-refractivity contribution < 1.29 is 27.4 Å². The summed E-state index contributed by atoms with van der Waals surface area (Å²) in [5.74, 6) is -5.26. The van der Waals surface area contributed by atoms with Gasteiger partial charge in [0.2, 0.25) is 0 Å².